The maximum absolute atomic E-state index is 14.0. The van der Waals surface area contributed by atoms with E-state index in [9.17, 15) is 23.6 Å². The van der Waals surface area contributed by atoms with Crippen molar-refractivity contribution in [3.8, 4) is 23.1 Å². The van der Waals surface area contributed by atoms with Crippen LogP contribution in [0.5, 0.6) is 5.88 Å². The molecule has 2 aromatic carbocycles. The Bertz CT molecular complexity index is 1700. The molecule has 1 N–H and O–H groups in total. The van der Waals surface area contributed by atoms with E-state index in [4.69, 9.17) is 9.47 Å². The van der Waals surface area contributed by atoms with Gasteiger partial charge in [0.1, 0.15) is 18.5 Å². The average molecular weight is 561 g/mol. The van der Waals surface area contributed by atoms with Gasteiger partial charge in [0.05, 0.1) is 29.2 Å². The molecule has 10 nitrogen and oxygen atoms in total. The Labute approximate surface area is 232 Å². The molecule has 0 fully saturated rings. The van der Waals surface area contributed by atoms with E-state index in [2.05, 4.69) is 16.0 Å². The van der Waals surface area contributed by atoms with Crippen molar-refractivity contribution in [3.63, 3.8) is 0 Å². The standard InChI is InChI=1S/C29H28N4O6S/c1-19(2)39-18-26-32-28(34)27(29(35)33(26)25(17-38-3)21-7-5-4-6-8-21)40(36,37)23-11-9-20(10-12-23)24-13-14-31-16-22(24)15-30/h4-14,16,19,25,34H,17-18H2,1-3H3/t25-/m0/s1. The number of nitrogens with zero attached hydrogens (tertiary/aromatic N) is 4. The molecule has 2 aromatic heterocycles. The Morgan fingerprint density at radius 1 is 1.07 bits per heavy atom. The van der Waals surface area contributed by atoms with Crippen molar-refractivity contribution >= 4 is 9.84 Å². The summed E-state index contributed by atoms with van der Waals surface area (Å²) >= 11 is 0. The largest absolute Gasteiger partial charge is 0.492 e. The Hall–Kier alpha value is -4.37. The lowest BCUT2D eigenvalue weighted by Crippen LogP contribution is -2.35. The minimum Gasteiger partial charge on any atom is -0.492 e. The van der Waals surface area contributed by atoms with Crippen molar-refractivity contribution in [2.24, 2.45) is 0 Å². The number of hydrogen-bond acceptors (Lipinski definition) is 9. The minimum atomic E-state index is -4.52. The van der Waals surface area contributed by atoms with Crippen LogP contribution in [0.1, 0.15) is 36.8 Å². The first-order valence-corrected chi connectivity index (χ1v) is 13.9. The smallest absolute Gasteiger partial charge is 0.277 e. The van der Waals surface area contributed by atoms with Crippen LogP contribution in [0.4, 0.5) is 0 Å². The molecule has 0 aliphatic heterocycles. The number of pyridine rings is 1. The molecule has 0 amide bonds. The fourth-order valence-corrected chi connectivity index (χ4v) is 5.61. The maximum Gasteiger partial charge on any atom is 0.277 e. The fraction of sp³-hybridized carbons (Fsp3) is 0.241. The van der Waals surface area contributed by atoms with Crippen molar-refractivity contribution in [3.05, 3.63) is 100 Å². The number of ether oxygens (including phenoxy) is 2. The Morgan fingerprint density at radius 2 is 1.77 bits per heavy atom. The van der Waals surface area contributed by atoms with Crippen LogP contribution in [-0.4, -0.2) is 47.9 Å². The summed E-state index contributed by atoms with van der Waals surface area (Å²) in [6, 6.07) is 17.6. The molecule has 0 aliphatic rings. The number of nitriles is 1. The molecule has 1 atom stereocenters. The topological polar surface area (TPSA) is 144 Å². The Morgan fingerprint density at radius 3 is 2.40 bits per heavy atom. The predicted molar refractivity (Wildman–Crippen MR) is 146 cm³/mol. The van der Waals surface area contributed by atoms with Crippen molar-refractivity contribution < 1.29 is 23.0 Å². The van der Waals surface area contributed by atoms with Gasteiger partial charge in [-0.1, -0.05) is 42.5 Å². The summed E-state index contributed by atoms with van der Waals surface area (Å²) in [6.45, 7) is 3.50. The van der Waals surface area contributed by atoms with Gasteiger partial charge in [-0.25, -0.2) is 8.42 Å². The number of hydrogen-bond donors (Lipinski definition) is 1. The summed E-state index contributed by atoms with van der Waals surface area (Å²) in [5, 5.41) is 20.2. The Balaban J connectivity index is 1.88. The lowest BCUT2D eigenvalue weighted by molar-refractivity contribution is 0.0557. The van der Waals surface area contributed by atoms with Crippen molar-refractivity contribution in [1.82, 2.24) is 14.5 Å². The lowest BCUT2D eigenvalue weighted by Gasteiger charge is -2.24. The number of benzene rings is 2. The molecule has 0 saturated carbocycles. The summed E-state index contributed by atoms with van der Waals surface area (Å²) in [4.78, 5) is 21.0. The van der Waals surface area contributed by atoms with Gasteiger partial charge < -0.3 is 14.6 Å². The summed E-state index contributed by atoms with van der Waals surface area (Å²) in [6.07, 6.45) is 2.73. The molecule has 11 heteroatoms. The highest BCUT2D eigenvalue weighted by Gasteiger charge is 2.32. The number of aromatic nitrogens is 3. The van der Waals surface area contributed by atoms with Gasteiger partial charge in [-0.15, -0.1) is 0 Å². The van der Waals surface area contributed by atoms with Crippen LogP contribution in [0.25, 0.3) is 11.1 Å². The van der Waals surface area contributed by atoms with Gasteiger partial charge >= 0.3 is 0 Å². The van der Waals surface area contributed by atoms with Gasteiger partial charge in [0.15, 0.2) is 4.90 Å². The molecule has 0 spiro atoms. The third kappa shape index (κ3) is 5.79. The molecular formula is C29H28N4O6S. The molecule has 0 saturated heterocycles. The van der Waals surface area contributed by atoms with Gasteiger partial charge in [-0.05, 0) is 43.2 Å². The van der Waals surface area contributed by atoms with Gasteiger partial charge in [-0.2, -0.15) is 10.2 Å². The van der Waals surface area contributed by atoms with Crippen LogP contribution in [0.15, 0.2) is 87.6 Å². The second-order valence-corrected chi connectivity index (χ2v) is 11.0. The third-order valence-electron chi connectivity index (χ3n) is 6.18. The zero-order chi connectivity index (χ0) is 28.9. The van der Waals surface area contributed by atoms with Crippen LogP contribution < -0.4 is 5.56 Å². The van der Waals surface area contributed by atoms with Crippen molar-refractivity contribution in [1.29, 1.82) is 5.26 Å². The molecule has 0 bridgehead atoms. The van der Waals surface area contributed by atoms with Crippen LogP contribution in [0.2, 0.25) is 0 Å². The first-order chi connectivity index (χ1) is 19.2. The van der Waals surface area contributed by atoms with Crippen LogP contribution in [0.3, 0.4) is 0 Å². The SMILES string of the molecule is COC[C@@H](c1ccccc1)n1c(COC(C)C)nc(O)c(S(=O)(=O)c2ccc(-c3ccncc3C#N)cc2)c1=O. The number of sulfone groups is 1. The van der Waals surface area contributed by atoms with E-state index in [-0.39, 0.29) is 30.0 Å². The second-order valence-electron chi connectivity index (χ2n) is 9.16. The summed E-state index contributed by atoms with van der Waals surface area (Å²) in [5.41, 5.74) is 1.22. The van der Waals surface area contributed by atoms with E-state index < -0.39 is 32.2 Å². The number of aromatic hydroxyl groups is 1. The minimum absolute atomic E-state index is 0.0341. The number of rotatable bonds is 10. The summed E-state index contributed by atoms with van der Waals surface area (Å²) < 4.78 is 39.8. The summed E-state index contributed by atoms with van der Waals surface area (Å²) in [5.74, 6) is -0.865. The zero-order valence-corrected chi connectivity index (χ0v) is 23.0. The lowest BCUT2D eigenvalue weighted by atomic mass is 10.0. The first-order valence-electron chi connectivity index (χ1n) is 12.4. The normalized spacial score (nSPS) is 12.3. The highest BCUT2D eigenvalue weighted by atomic mass is 32.2. The monoisotopic (exact) mass is 560 g/mol. The van der Waals surface area contributed by atoms with E-state index in [1.807, 2.05) is 6.07 Å². The Kier molecular flexibility index (Phi) is 8.74. The van der Waals surface area contributed by atoms with Crippen LogP contribution in [0, 0.1) is 11.3 Å². The van der Waals surface area contributed by atoms with Gasteiger partial charge in [0, 0.05) is 25.1 Å². The van der Waals surface area contributed by atoms with Gasteiger partial charge in [0.2, 0.25) is 15.7 Å². The van der Waals surface area contributed by atoms with E-state index in [1.165, 1.54) is 48.3 Å². The molecule has 0 aliphatic carbocycles. The zero-order valence-electron chi connectivity index (χ0n) is 22.2. The molecule has 0 unspecified atom stereocenters. The number of methoxy groups -OCH3 is 1. The van der Waals surface area contributed by atoms with E-state index in [0.29, 0.717) is 22.3 Å². The van der Waals surface area contributed by atoms with E-state index in [1.54, 1.807) is 44.2 Å². The summed E-state index contributed by atoms with van der Waals surface area (Å²) in [7, 11) is -3.05. The van der Waals surface area contributed by atoms with E-state index in [0.717, 1.165) is 0 Å². The molecule has 40 heavy (non-hydrogen) atoms. The maximum atomic E-state index is 14.0. The molecule has 0 radical (unpaired) electrons. The molecule has 4 rings (SSSR count). The molecule has 2 heterocycles. The molecule has 206 valence electrons. The third-order valence-corrected chi connectivity index (χ3v) is 7.97. The fourth-order valence-electron chi connectivity index (χ4n) is 4.27. The highest BCUT2D eigenvalue weighted by Crippen LogP contribution is 2.30. The van der Waals surface area contributed by atoms with E-state index >= 15 is 0 Å². The predicted octanol–water partition coefficient (Wildman–Crippen LogP) is 3.88. The molecule has 4 aromatic rings. The first kappa shape index (κ1) is 28.6. The van der Waals surface area contributed by atoms with Crippen LogP contribution >= 0.6 is 0 Å². The van der Waals surface area contributed by atoms with Crippen LogP contribution in [-0.2, 0) is 25.9 Å². The van der Waals surface area contributed by atoms with Gasteiger partial charge in [0.25, 0.3) is 5.56 Å². The highest BCUT2D eigenvalue weighted by molar-refractivity contribution is 7.91. The average Bonchev–Trinajstić information content (AvgIpc) is 2.95. The molecular weight excluding hydrogens is 532 g/mol. The quantitative estimate of drug-likeness (QED) is 0.305. The van der Waals surface area contributed by atoms with Gasteiger partial charge in [-0.3, -0.25) is 14.3 Å². The van der Waals surface area contributed by atoms with Crippen molar-refractivity contribution in [2.75, 3.05) is 13.7 Å². The van der Waals surface area contributed by atoms with Crippen molar-refractivity contribution in [2.45, 2.75) is 42.4 Å². The second kappa shape index (κ2) is 12.2.